The number of aliphatic hydroxyl groups excluding tert-OH is 1. The van der Waals surface area contributed by atoms with Crippen LogP contribution in [0.25, 0.3) is 11.3 Å². The Morgan fingerprint density at radius 1 is 1.18 bits per heavy atom. The number of hydrogen-bond donors (Lipinski definition) is 4. The van der Waals surface area contributed by atoms with Crippen molar-refractivity contribution in [2.24, 2.45) is 11.1 Å². The fourth-order valence-electron chi connectivity index (χ4n) is 4.13. The van der Waals surface area contributed by atoms with Crippen LogP contribution in [0.1, 0.15) is 49.3 Å². The molecule has 4 rings (SSSR count). The van der Waals surface area contributed by atoms with Crippen LogP contribution in [0.3, 0.4) is 0 Å². The molecular formula is C25H30N6O3. The van der Waals surface area contributed by atoms with Gasteiger partial charge in [0.1, 0.15) is 0 Å². The Balaban J connectivity index is 1.61. The number of nitrogens with one attached hydrogen (secondary N) is 1. The zero-order valence-electron chi connectivity index (χ0n) is 19.5. The van der Waals surface area contributed by atoms with Crippen molar-refractivity contribution in [2.75, 3.05) is 11.1 Å². The molecule has 0 saturated carbocycles. The Kier molecular flexibility index (Phi) is 6.60. The SMILES string of the molecule is CC(C)(C)[C@@H]1O[C@H](c2ccncc2NC(=O)c2nc(-c3ccccc3)cnc2N)C[C@H](N)[C@H]1O. The first-order valence-corrected chi connectivity index (χ1v) is 11.2. The third kappa shape index (κ3) is 4.91. The van der Waals surface area contributed by atoms with Crippen molar-refractivity contribution in [3.05, 3.63) is 66.2 Å². The molecular weight excluding hydrogens is 432 g/mol. The Hall–Kier alpha value is -3.40. The molecule has 6 N–H and O–H groups in total. The molecule has 0 bridgehead atoms. The van der Waals surface area contributed by atoms with Gasteiger partial charge >= 0.3 is 0 Å². The van der Waals surface area contributed by atoms with E-state index in [1.165, 1.54) is 6.20 Å². The van der Waals surface area contributed by atoms with E-state index in [9.17, 15) is 9.90 Å². The number of pyridine rings is 1. The molecule has 0 unspecified atom stereocenters. The number of anilines is 2. The predicted octanol–water partition coefficient (Wildman–Crippen LogP) is 2.94. The first-order valence-electron chi connectivity index (χ1n) is 11.2. The molecule has 0 radical (unpaired) electrons. The molecule has 34 heavy (non-hydrogen) atoms. The molecule has 2 aromatic heterocycles. The number of aliphatic hydroxyl groups is 1. The van der Waals surface area contributed by atoms with Gasteiger partial charge in [-0.05, 0) is 17.9 Å². The van der Waals surface area contributed by atoms with Crippen LogP contribution in [0.15, 0.2) is 55.0 Å². The van der Waals surface area contributed by atoms with Gasteiger partial charge in [-0.25, -0.2) is 9.97 Å². The molecule has 3 heterocycles. The number of amides is 1. The second kappa shape index (κ2) is 9.46. The van der Waals surface area contributed by atoms with Gasteiger partial charge in [0.05, 0.1) is 42.1 Å². The van der Waals surface area contributed by atoms with Crippen molar-refractivity contribution in [2.45, 2.75) is 51.5 Å². The van der Waals surface area contributed by atoms with Gasteiger partial charge in [0.15, 0.2) is 11.5 Å². The van der Waals surface area contributed by atoms with Gasteiger partial charge in [0.2, 0.25) is 0 Å². The van der Waals surface area contributed by atoms with Gasteiger partial charge in [-0.15, -0.1) is 0 Å². The monoisotopic (exact) mass is 462 g/mol. The first kappa shape index (κ1) is 23.7. The lowest BCUT2D eigenvalue weighted by molar-refractivity contribution is -0.167. The summed E-state index contributed by atoms with van der Waals surface area (Å²) in [5.41, 5.74) is 14.5. The Labute approximate surface area is 198 Å². The van der Waals surface area contributed by atoms with Crippen molar-refractivity contribution < 1.29 is 14.6 Å². The van der Waals surface area contributed by atoms with Crippen molar-refractivity contribution in [3.63, 3.8) is 0 Å². The third-order valence-electron chi connectivity index (χ3n) is 5.93. The number of carbonyl (C=O) groups excluding carboxylic acids is 1. The first-order chi connectivity index (χ1) is 16.1. The number of nitrogen functional groups attached to an aromatic ring is 1. The minimum atomic E-state index is -0.785. The van der Waals surface area contributed by atoms with Crippen LogP contribution in [0, 0.1) is 5.41 Å². The molecule has 1 aliphatic heterocycles. The summed E-state index contributed by atoms with van der Waals surface area (Å²) in [7, 11) is 0. The summed E-state index contributed by atoms with van der Waals surface area (Å²) < 4.78 is 6.29. The largest absolute Gasteiger partial charge is 0.389 e. The standard InChI is InChI=1S/C25H30N6O3/c1-25(2,3)22-21(32)16(26)11-19(34-22)15-9-10-28-12-18(15)31-24(33)20-23(27)29-13-17(30-20)14-7-5-4-6-8-14/h4-10,12-13,16,19,21-22,32H,11,26H2,1-3H3,(H2,27,29)(H,31,33)/t16-,19-,21+,22+/m0/s1. The van der Waals surface area contributed by atoms with Crippen LogP contribution < -0.4 is 16.8 Å². The zero-order valence-corrected chi connectivity index (χ0v) is 19.5. The molecule has 3 aromatic rings. The van der Waals surface area contributed by atoms with Crippen LogP contribution in [0.2, 0.25) is 0 Å². The Morgan fingerprint density at radius 2 is 1.91 bits per heavy atom. The van der Waals surface area contributed by atoms with Gasteiger partial charge in [-0.2, -0.15) is 0 Å². The summed E-state index contributed by atoms with van der Waals surface area (Å²) in [5, 5.41) is 13.4. The number of nitrogens with zero attached hydrogens (tertiary/aromatic N) is 3. The van der Waals surface area contributed by atoms with E-state index >= 15 is 0 Å². The second-order valence-corrected chi connectivity index (χ2v) is 9.57. The Morgan fingerprint density at radius 3 is 2.62 bits per heavy atom. The average Bonchev–Trinajstić information content (AvgIpc) is 2.81. The number of rotatable bonds is 4. The van der Waals surface area contributed by atoms with Gasteiger partial charge in [0, 0.05) is 23.4 Å². The smallest absolute Gasteiger partial charge is 0.278 e. The maximum absolute atomic E-state index is 13.2. The van der Waals surface area contributed by atoms with Gasteiger partial charge in [-0.1, -0.05) is 51.1 Å². The number of aromatic nitrogens is 3. The number of hydrogen-bond acceptors (Lipinski definition) is 8. The molecule has 4 atom stereocenters. The van der Waals surface area contributed by atoms with E-state index in [1.807, 2.05) is 51.1 Å². The van der Waals surface area contributed by atoms with Crippen LogP contribution >= 0.6 is 0 Å². The minimum absolute atomic E-state index is 0.0143. The number of ether oxygens (including phenoxy) is 1. The molecule has 0 spiro atoms. The van der Waals surface area contributed by atoms with E-state index in [4.69, 9.17) is 16.2 Å². The van der Waals surface area contributed by atoms with Gasteiger partial charge in [0.25, 0.3) is 5.91 Å². The highest BCUT2D eigenvalue weighted by Gasteiger charge is 2.43. The number of benzene rings is 1. The van der Waals surface area contributed by atoms with Gasteiger partial charge < -0.3 is 26.6 Å². The fourth-order valence-corrected chi connectivity index (χ4v) is 4.13. The molecule has 9 nitrogen and oxygen atoms in total. The highest BCUT2D eigenvalue weighted by molar-refractivity contribution is 6.06. The maximum atomic E-state index is 13.2. The van der Waals surface area contributed by atoms with Crippen molar-refractivity contribution in [3.8, 4) is 11.3 Å². The molecule has 1 aliphatic rings. The summed E-state index contributed by atoms with van der Waals surface area (Å²) in [6, 6.07) is 10.7. The van der Waals surface area contributed by atoms with Crippen molar-refractivity contribution >= 4 is 17.4 Å². The molecule has 1 fully saturated rings. The summed E-state index contributed by atoms with van der Waals surface area (Å²) in [4.78, 5) is 25.9. The Bertz CT molecular complexity index is 1160. The molecule has 178 valence electrons. The van der Waals surface area contributed by atoms with Crippen LogP contribution in [-0.2, 0) is 4.74 Å². The van der Waals surface area contributed by atoms with E-state index in [1.54, 1.807) is 18.5 Å². The van der Waals surface area contributed by atoms with Crippen LogP contribution in [0.4, 0.5) is 11.5 Å². The topological polar surface area (TPSA) is 149 Å². The maximum Gasteiger partial charge on any atom is 0.278 e. The lowest BCUT2D eigenvalue weighted by Gasteiger charge is -2.44. The van der Waals surface area contributed by atoms with Crippen LogP contribution in [-0.4, -0.2) is 44.2 Å². The lowest BCUT2D eigenvalue weighted by Crippen LogP contribution is -2.54. The third-order valence-corrected chi connectivity index (χ3v) is 5.93. The lowest BCUT2D eigenvalue weighted by atomic mass is 9.79. The minimum Gasteiger partial charge on any atom is -0.389 e. The van der Waals surface area contributed by atoms with Crippen molar-refractivity contribution in [1.82, 2.24) is 15.0 Å². The normalized spacial score (nSPS) is 22.9. The van der Waals surface area contributed by atoms with Crippen LogP contribution in [0.5, 0.6) is 0 Å². The average molecular weight is 463 g/mol. The highest BCUT2D eigenvalue weighted by atomic mass is 16.5. The summed E-state index contributed by atoms with van der Waals surface area (Å²) in [5.74, 6) is -0.487. The number of nitrogens with two attached hydrogens (primary N) is 2. The molecule has 1 saturated heterocycles. The fraction of sp³-hybridized carbons (Fsp3) is 0.360. The highest BCUT2D eigenvalue weighted by Crippen LogP contribution is 2.40. The van der Waals surface area contributed by atoms with E-state index in [0.717, 1.165) is 5.56 Å². The number of carbonyl (C=O) groups is 1. The van der Waals surface area contributed by atoms with E-state index in [0.29, 0.717) is 23.4 Å². The predicted molar refractivity (Wildman–Crippen MR) is 130 cm³/mol. The molecule has 1 aromatic carbocycles. The summed E-state index contributed by atoms with van der Waals surface area (Å²) >= 11 is 0. The molecule has 9 heteroatoms. The van der Waals surface area contributed by atoms with E-state index < -0.39 is 30.3 Å². The van der Waals surface area contributed by atoms with E-state index in [-0.39, 0.29) is 16.9 Å². The quantitative estimate of drug-likeness (QED) is 0.462. The van der Waals surface area contributed by atoms with Crippen molar-refractivity contribution in [1.29, 1.82) is 0 Å². The zero-order chi connectivity index (χ0) is 24.5. The van der Waals surface area contributed by atoms with Gasteiger partial charge in [-0.3, -0.25) is 9.78 Å². The summed E-state index contributed by atoms with van der Waals surface area (Å²) in [6.45, 7) is 5.98. The summed E-state index contributed by atoms with van der Waals surface area (Å²) in [6.07, 6.45) is 3.41. The molecule has 0 aliphatic carbocycles. The second-order valence-electron chi connectivity index (χ2n) is 9.57. The van der Waals surface area contributed by atoms with E-state index in [2.05, 4.69) is 20.3 Å². The molecule has 1 amide bonds.